The molecule has 0 saturated carbocycles. The molecule has 0 aromatic carbocycles. The molecule has 3 unspecified atom stereocenters. The van der Waals surface area contributed by atoms with Crippen molar-refractivity contribution in [3.8, 4) is 0 Å². The summed E-state index contributed by atoms with van der Waals surface area (Å²) in [6.45, 7) is 17.0. The van der Waals surface area contributed by atoms with E-state index in [0.29, 0.717) is 44.5 Å². The van der Waals surface area contributed by atoms with E-state index in [1.54, 1.807) is 0 Å². The molecule has 56 heavy (non-hydrogen) atoms. The van der Waals surface area contributed by atoms with Crippen LogP contribution in [0.2, 0.25) is 0 Å². The number of rotatable bonds is 36. The van der Waals surface area contributed by atoms with Crippen LogP contribution < -0.4 is 0 Å². The van der Waals surface area contributed by atoms with E-state index in [4.69, 9.17) is 14.2 Å². The van der Waals surface area contributed by atoms with Crippen molar-refractivity contribution < 1.29 is 28.6 Å². The first kappa shape index (κ1) is 51.4. The Morgan fingerprint density at radius 1 is 0.625 bits per heavy atom. The van der Waals surface area contributed by atoms with Crippen LogP contribution in [-0.4, -0.2) is 87.3 Å². The first-order valence-corrected chi connectivity index (χ1v) is 23.0. The van der Waals surface area contributed by atoms with E-state index >= 15 is 0 Å². The van der Waals surface area contributed by atoms with Crippen molar-refractivity contribution in [1.29, 1.82) is 0 Å². The van der Waals surface area contributed by atoms with Gasteiger partial charge in [0.1, 0.15) is 0 Å². The van der Waals surface area contributed by atoms with Crippen LogP contribution in [0.3, 0.4) is 0 Å². The number of nitrogens with zero attached hydrogens (tertiary/aromatic N) is 2. The molecule has 1 saturated heterocycles. The lowest BCUT2D eigenvalue weighted by atomic mass is 9.94. The molecule has 1 rings (SSSR count). The van der Waals surface area contributed by atoms with Gasteiger partial charge in [0.05, 0.1) is 25.7 Å². The zero-order chi connectivity index (χ0) is 40.9. The Morgan fingerprint density at radius 2 is 1.16 bits per heavy atom. The highest BCUT2D eigenvalue weighted by molar-refractivity contribution is 5.72. The van der Waals surface area contributed by atoms with Crippen molar-refractivity contribution in [3.05, 3.63) is 29.8 Å². The summed E-state index contributed by atoms with van der Waals surface area (Å²) in [5, 5.41) is 0. The van der Waals surface area contributed by atoms with Crippen LogP contribution in [0.5, 0.6) is 0 Å². The third kappa shape index (κ3) is 30.5. The van der Waals surface area contributed by atoms with Gasteiger partial charge in [-0.25, -0.2) is 0 Å². The maximum absolute atomic E-state index is 13.2. The fraction of sp³-hybridized carbons (Fsp3) is 0.833. The van der Waals surface area contributed by atoms with Gasteiger partial charge >= 0.3 is 17.9 Å². The Balaban J connectivity index is 2.34. The number of likely N-dealkylation sites (N-methyl/N-ethyl adjacent to an activating group) is 1. The SMILES string of the molecule is C=C=C=C=CC(CCCCC)CCOC(=O)CCCCCCCC(CCCCCCCC(=O)OCCC(C)CCCCC)C(=O)OCCCN1CCN(C)CC1. The molecule has 0 bridgehead atoms. The second-order valence-corrected chi connectivity index (χ2v) is 16.5. The van der Waals surface area contributed by atoms with E-state index in [1.165, 1.54) is 38.5 Å². The number of piperazine rings is 1. The monoisotopic (exact) mass is 785 g/mol. The molecule has 1 fully saturated rings. The predicted molar refractivity (Wildman–Crippen MR) is 230 cm³/mol. The number of hydrogen-bond acceptors (Lipinski definition) is 8. The molecule has 0 N–H and O–H groups in total. The standard InChI is InChI=1S/C48H84N2O6/c1-6-9-18-26-43(4)33-41-54-46(51)31-23-16-12-14-21-29-45(48(53)56-40-25-35-50-38-36-49(5)37-39-50)30-22-15-13-17-24-32-47(52)55-42-34-44(27-19-10-7-2)28-20-11-8-3/h27,43-45H,2,6,8-9,11-18,20-26,28-42H2,1,3-5H3. The Morgan fingerprint density at radius 3 is 1.75 bits per heavy atom. The molecule has 1 aliphatic rings. The zero-order valence-corrected chi connectivity index (χ0v) is 36.7. The number of ether oxygens (including phenoxy) is 3. The normalized spacial score (nSPS) is 14.9. The summed E-state index contributed by atoms with van der Waals surface area (Å²) in [5.74, 6) is 0.659. The summed E-state index contributed by atoms with van der Waals surface area (Å²) in [7, 11) is 2.17. The number of hydrogen-bond donors (Lipinski definition) is 0. The van der Waals surface area contributed by atoms with E-state index < -0.39 is 0 Å². The summed E-state index contributed by atoms with van der Waals surface area (Å²) in [6.07, 6.45) is 26.8. The molecule has 8 heteroatoms. The van der Waals surface area contributed by atoms with Crippen molar-refractivity contribution in [1.82, 2.24) is 9.80 Å². The van der Waals surface area contributed by atoms with Crippen molar-refractivity contribution >= 4 is 17.9 Å². The molecule has 0 amide bonds. The fourth-order valence-corrected chi connectivity index (χ4v) is 7.32. The third-order valence-corrected chi connectivity index (χ3v) is 11.2. The van der Waals surface area contributed by atoms with Crippen LogP contribution in [0.25, 0.3) is 0 Å². The van der Waals surface area contributed by atoms with Crippen LogP contribution in [0, 0.1) is 17.8 Å². The van der Waals surface area contributed by atoms with Gasteiger partial charge in [0.2, 0.25) is 0 Å². The average Bonchev–Trinajstić information content (AvgIpc) is 3.18. The molecule has 0 aromatic heterocycles. The van der Waals surface area contributed by atoms with Crippen molar-refractivity contribution in [3.63, 3.8) is 0 Å². The van der Waals surface area contributed by atoms with E-state index in [0.717, 1.165) is 142 Å². The summed E-state index contributed by atoms with van der Waals surface area (Å²) >= 11 is 0. The number of carbonyl (C=O) groups is 3. The highest BCUT2D eigenvalue weighted by atomic mass is 16.5. The van der Waals surface area contributed by atoms with E-state index in [1.807, 2.05) is 6.08 Å². The van der Waals surface area contributed by atoms with Crippen molar-refractivity contribution in [2.24, 2.45) is 17.8 Å². The number of carbonyl (C=O) groups excluding carboxylic acids is 3. The second-order valence-electron chi connectivity index (χ2n) is 16.5. The van der Waals surface area contributed by atoms with Gasteiger partial charge in [-0.05, 0) is 88.6 Å². The van der Waals surface area contributed by atoms with Crippen LogP contribution in [-0.2, 0) is 28.6 Å². The summed E-state index contributed by atoms with van der Waals surface area (Å²) in [6, 6.07) is 0. The lowest BCUT2D eigenvalue weighted by Gasteiger charge is -2.32. The van der Waals surface area contributed by atoms with Gasteiger partial charge < -0.3 is 24.0 Å². The molecule has 322 valence electrons. The maximum Gasteiger partial charge on any atom is 0.308 e. The van der Waals surface area contributed by atoms with Crippen LogP contribution in [0.15, 0.2) is 29.8 Å². The second kappa shape index (κ2) is 36.7. The van der Waals surface area contributed by atoms with E-state index in [9.17, 15) is 14.4 Å². The maximum atomic E-state index is 13.2. The van der Waals surface area contributed by atoms with Gasteiger partial charge in [0, 0.05) is 45.6 Å². The van der Waals surface area contributed by atoms with Gasteiger partial charge in [0.15, 0.2) is 0 Å². The smallest absolute Gasteiger partial charge is 0.308 e. The molecule has 0 aromatic rings. The molecule has 3 atom stereocenters. The number of esters is 3. The molecule has 0 spiro atoms. The largest absolute Gasteiger partial charge is 0.466 e. The quantitative estimate of drug-likeness (QED) is 0.0269. The van der Waals surface area contributed by atoms with Gasteiger partial charge in [-0.1, -0.05) is 129 Å². The Kier molecular flexibility index (Phi) is 33.7. The van der Waals surface area contributed by atoms with Crippen LogP contribution in [0.4, 0.5) is 0 Å². The van der Waals surface area contributed by atoms with E-state index in [-0.39, 0.29) is 23.8 Å². The van der Waals surface area contributed by atoms with Gasteiger partial charge in [-0.2, -0.15) is 0 Å². The van der Waals surface area contributed by atoms with E-state index in [2.05, 4.69) is 61.4 Å². The summed E-state index contributed by atoms with van der Waals surface area (Å²) < 4.78 is 16.9. The number of allylic oxidation sites excluding steroid dienone is 1. The third-order valence-electron chi connectivity index (χ3n) is 11.2. The molecule has 0 radical (unpaired) electrons. The Bertz CT molecular complexity index is 1110. The van der Waals surface area contributed by atoms with Gasteiger partial charge in [-0.3, -0.25) is 14.4 Å². The fourth-order valence-electron chi connectivity index (χ4n) is 7.32. The highest BCUT2D eigenvalue weighted by Crippen LogP contribution is 2.22. The molecule has 1 heterocycles. The van der Waals surface area contributed by atoms with Crippen LogP contribution in [0.1, 0.15) is 181 Å². The zero-order valence-electron chi connectivity index (χ0n) is 36.7. The highest BCUT2D eigenvalue weighted by Gasteiger charge is 2.20. The first-order valence-electron chi connectivity index (χ1n) is 23.0. The molecule has 8 nitrogen and oxygen atoms in total. The lowest BCUT2D eigenvalue weighted by Crippen LogP contribution is -2.44. The molecular formula is C48H84N2O6. The van der Waals surface area contributed by atoms with Crippen LogP contribution >= 0.6 is 0 Å². The minimum atomic E-state index is -0.114. The van der Waals surface area contributed by atoms with Gasteiger partial charge in [0.25, 0.3) is 0 Å². The Hall–Kier alpha value is -2.59. The Labute approximate surface area is 343 Å². The van der Waals surface area contributed by atoms with Crippen molar-refractivity contribution in [2.45, 2.75) is 181 Å². The number of unbranched alkanes of at least 4 members (excludes halogenated alkanes) is 12. The molecule has 1 aliphatic heterocycles. The molecular weight excluding hydrogens is 701 g/mol. The first-order chi connectivity index (χ1) is 27.3. The average molecular weight is 785 g/mol. The topological polar surface area (TPSA) is 85.4 Å². The summed E-state index contributed by atoms with van der Waals surface area (Å²) in [5.41, 5.74) is 8.37. The molecule has 0 aliphatic carbocycles. The van der Waals surface area contributed by atoms with Crippen molar-refractivity contribution in [2.75, 3.05) is 59.6 Å². The summed E-state index contributed by atoms with van der Waals surface area (Å²) in [4.78, 5) is 42.6. The van der Waals surface area contributed by atoms with Gasteiger partial charge in [-0.15, -0.1) is 0 Å². The minimum Gasteiger partial charge on any atom is -0.466 e. The predicted octanol–water partition coefficient (Wildman–Crippen LogP) is 11.2. The minimum absolute atomic E-state index is 0.0372. The lowest BCUT2D eigenvalue weighted by molar-refractivity contribution is -0.149.